The van der Waals surface area contributed by atoms with Gasteiger partial charge in [0.25, 0.3) is 0 Å². The average Bonchev–Trinajstić information content (AvgIpc) is 3.02. The first-order chi connectivity index (χ1) is 9.77. The smallest absolute Gasteiger partial charge is 0.212 e. The van der Waals surface area contributed by atoms with Crippen molar-refractivity contribution in [1.29, 1.82) is 0 Å². The van der Waals surface area contributed by atoms with Gasteiger partial charge in [-0.1, -0.05) is 13.8 Å². The number of hydrogen-bond acceptors (Lipinski definition) is 4. The average molecular weight is 316 g/mol. The Bertz CT molecular complexity index is 499. The molecule has 6 heteroatoms. The highest BCUT2D eigenvalue weighted by Crippen LogP contribution is 2.65. The zero-order valence-electron chi connectivity index (χ0n) is 13.1. The monoisotopic (exact) mass is 316 g/mol. The Morgan fingerprint density at radius 3 is 2.62 bits per heavy atom. The maximum atomic E-state index is 12.5. The fraction of sp³-hybridized carbons (Fsp3) is 1.00. The molecule has 4 atom stereocenters. The summed E-state index contributed by atoms with van der Waals surface area (Å²) in [5.41, 5.74) is -0.556. The quantitative estimate of drug-likeness (QED) is 0.702. The summed E-state index contributed by atoms with van der Waals surface area (Å²) < 4.78 is 27.8. The van der Waals surface area contributed by atoms with E-state index in [2.05, 4.69) is 23.9 Å². The van der Waals surface area contributed by atoms with Crippen molar-refractivity contribution in [2.75, 3.05) is 18.8 Å². The lowest BCUT2D eigenvalue weighted by molar-refractivity contribution is 0.0152. The van der Waals surface area contributed by atoms with Crippen LogP contribution in [0.1, 0.15) is 46.0 Å². The highest BCUT2D eigenvalue weighted by atomic mass is 32.2. The molecule has 0 amide bonds. The molecule has 0 radical (unpaired) electrons. The van der Waals surface area contributed by atoms with E-state index in [4.69, 9.17) is 0 Å². The van der Waals surface area contributed by atoms with E-state index in [-0.39, 0.29) is 17.2 Å². The summed E-state index contributed by atoms with van der Waals surface area (Å²) in [5, 5.41) is 13.7. The van der Waals surface area contributed by atoms with Crippen LogP contribution in [0.3, 0.4) is 0 Å². The van der Waals surface area contributed by atoms with Gasteiger partial charge in [0, 0.05) is 18.0 Å². The highest BCUT2D eigenvalue weighted by molar-refractivity contribution is 7.89. The van der Waals surface area contributed by atoms with Crippen LogP contribution in [0, 0.1) is 16.7 Å². The summed E-state index contributed by atoms with van der Waals surface area (Å²) in [6.07, 6.45) is 4.30. The lowest BCUT2D eigenvalue weighted by atomic mass is 9.70. The van der Waals surface area contributed by atoms with Gasteiger partial charge in [-0.05, 0) is 50.0 Å². The van der Waals surface area contributed by atoms with Gasteiger partial charge in [-0.3, -0.25) is 0 Å². The molecule has 2 bridgehead atoms. The highest BCUT2D eigenvalue weighted by Gasteiger charge is 2.64. The molecular formula is C15H28N2O3S. The van der Waals surface area contributed by atoms with Gasteiger partial charge in [0.05, 0.1) is 11.9 Å². The largest absolute Gasteiger partial charge is 0.392 e. The molecule has 21 heavy (non-hydrogen) atoms. The van der Waals surface area contributed by atoms with Gasteiger partial charge < -0.3 is 10.4 Å². The van der Waals surface area contributed by atoms with Crippen molar-refractivity contribution in [3.63, 3.8) is 0 Å². The van der Waals surface area contributed by atoms with Crippen molar-refractivity contribution in [2.24, 2.45) is 16.7 Å². The van der Waals surface area contributed by atoms with Gasteiger partial charge in [0.1, 0.15) is 0 Å². The van der Waals surface area contributed by atoms with Crippen LogP contribution >= 0.6 is 0 Å². The summed E-state index contributed by atoms with van der Waals surface area (Å²) in [5.74, 6) is 0.524. The van der Waals surface area contributed by atoms with Gasteiger partial charge in [-0.25, -0.2) is 13.1 Å². The minimum atomic E-state index is -3.35. The first kappa shape index (κ1) is 15.7. The van der Waals surface area contributed by atoms with Crippen LogP contribution in [0.4, 0.5) is 0 Å². The molecule has 1 aliphatic heterocycles. The normalized spacial score (nSPS) is 41.8. The Morgan fingerprint density at radius 1 is 1.33 bits per heavy atom. The summed E-state index contributed by atoms with van der Waals surface area (Å²) in [7, 11) is -3.35. The van der Waals surface area contributed by atoms with E-state index in [0.29, 0.717) is 12.5 Å². The predicted octanol–water partition coefficient (Wildman–Crippen LogP) is 0.845. The first-order valence-electron chi connectivity index (χ1n) is 8.16. The maximum absolute atomic E-state index is 12.5. The van der Waals surface area contributed by atoms with Gasteiger partial charge in [0.15, 0.2) is 0 Å². The van der Waals surface area contributed by atoms with Crippen molar-refractivity contribution in [3.8, 4) is 0 Å². The molecular weight excluding hydrogens is 288 g/mol. The molecule has 0 aromatic carbocycles. The Morgan fingerprint density at radius 2 is 2.10 bits per heavy atom. The predicted molar refractivity (Wildman–Crippen MR) is 82.4 cm³/mol. The molecule has 3 N–H and O–H groups in total. The first-order valence-corrected chi connectivity index (χ1v) is 9.81. The van der Waals surface area contributed by atoms with Crippen LogP contribution in [-0.2, 0) is 10.0 Å². The zero-order chi connectivity index (χ0) is 15.3. The van der Waals surface area contributed by atoms with Crippen LogP contribution in [-0.4, -0.2) is 44.5 Å². The van der Waals surface area contributed by atoms with Crippen molar-refractivity contribution in [3.05, 3.63) is 0 Å². The second kappa shape index (κ2) is 5.18. The molecule has 3 rings (SSSR count). The van der Waals surface area contributed by atoms with Gasteiger partial charge in [-0.2, -0.15) is 0 Å². The fourth-order valence-electron chi connectivity index (χ4n) is 4.93. The number of fused-ring (bicyclic) bond motifs is 2. The summed E-state index contributed by atoms with van der Waals surface area (Å²) in [6.45, 7) is 5.71. The SMILES string of the molecule is CC1(C)[C@@H]2CC[C@@]1(CS(=O)(=O)NC[C@@H]1CCCN1)C(O)C2. The third-order valence-corrected chi connectivity index (χ3v) is 8.05. The topological polar surface area (TPSA) is 78.4 Å². The van der Waals surface area contributed by atoms with Crippen LogP contribution in [0.2, 0.25) is 0 Å². The van der Waals surface area contributed by atoms with Crippen LogP contribution < -0.4 is 10.0 Å². The molecule has 0 aromatic heterocycles. The number of rotatable bonds is 5. The lowest BCUT2D eigenvalue weighted by Gasteiger charge is -2.40. The molecule has 5 nitrogen and oxygen atoms in total. The number of nitrogens with one attached hydrogen (secondary N) is 2. The third kappa shape index (κ3) is 2.54. The van der Waals surface area contributed by atoms with Crippen LogP contribution in [0.5, 0.6) is 0 Å². The van der Waals surface area contributed by atoms with Crippen LogP contribution in [0.15, 0.2) is 0 Å². The van der Waals surface area contributed by atoms with E-state index in [9.17, 15) is 13.5 Å². The minimum Gasteiger partial charge on any atom is -0.392 e. The van der Waals surface area contributed by atoms with E-state index >= 15 is 0 Å². The molecule has 1 saturated heterocycles. The number of aliphatic hydroxyl groups excluding tert-OH is 1. The summed E-state index contributed by atoms with van der Waals surface area (Å²) >= 11 is 0. The second-order valence-corrected chi connectivity index (χ2v) is 9.57. The third-order valence-electron chi connectivity index (χ3n) is 6.55. The van der Waals surface area contributed by atoms with Crippen LogP contribution in [0.25, 0.3) is 0 Å². The van der Waals surface area contributed by atoms with E-state index < -0.39 is 21.5 Å². The van der Waals surface area contributed by atoms with Crippen molar-refractivity contribution < 1.29 is 13.5 Å². The van der Waals surface area contributed by atoms with Crippen molar-refractivity contribution >= 4 is 10.0 Å². The lowest BCUT2D eigenvalue weighted by Crippen LogP contribution is -2.48. The molecule has 0 aromatic rings. The molecule has 1 heterocycles. The molecule has 2 aliphatic carbocycles. The Kier molecular flexibility index (Phi) is 3.88. The number of aliphatic hydroxyl groups is 1. The van der Waals surface area contributed by atoms with E-state index in [0.717, 1.165) is 38.6 Å². The second-order valence-electron chi connectivity index (χ2n) is 7.77. The Hall–Kier alpha value is -0.170. The van der Waals surface area contributed by atoms with Gasteiger partial charge in [0.2, 0.25) is 10.0 Å². The minimum absolute atomic E-state index is 0.0669. The molecule has 3 aliphatic rings. The molecule has 2 saturated carbocycles. The summed E-state index contributed by atoms with van der Waals surface area (Å²) in [4.78, 5) is 0. The van der Waals surface area contributed by atoms with Gasteiger partial charge in [-0.15, -0.1) is 0 Å². The molecule has 3 fully saturated rings. The van der Waals surface area contributed by atoms with E-state index in [1.54, 1.807) is 0 Å². The van der Waals surface area contributed by atoms with Gasteiger partial charge >= 0.3 is 0 Å². The number of hydrogen-bond donors (Lipinski definition) is 3. The molecule has 0 spiro atoms. The number of sulfonamides is 1. The van der Waals surface area contributed by atoms with Crippen molar-refractivity contribution in [2.45, 2.75) is 58.1 Å². The van der Waals surface area contributed by atoms with Crippen molar-refractivity contribution in [1.82, 2.24) is 10.0 Å². The summed E-state index contributed by atoms with van der Waals surface area (Å²) in [6, 6.07) is 0.259. The Balaban J connectivity index is 1.69. The standard InChI is InChI=1S/C15H28N2O3S/c1-14(2)11-5-6-15(14,13(18)8-11)10-21(19,20)17-9-12-4-3-7-16-12/h11-13,16-18H,3-10H2,1-2H3/t11-,12+,13?,15-/m1/s1. The maximum Gasteiger partial charge on any atom is 0.212 e. The Labute approximate surface area is 127 Å². The van der Waals surface area contributed by atoms with E-state index in [1.165, 1.54) is 0 Å². The van der Waals surface area contributed by atoms with E-state index in [1.807, 2.05) is 0 Å². The zero-order valence-corrected chi connectivity index (χ0v) is 13.9. The molecule has 122 valence electrons. The molecule has 1 unspecified atom stereocenters. The fourth-order valence-corrected chi connectivity index (χ4v) is 6.87.